The van der Waals surface area contributed by atoms with Crippen molar-refractivity contribution in [2.75, 3.05) is 12.1 Å². The number of rotatable bonds is 3. The molecule has 0 aliphatic carbocycles. The minimum Gasteiger partial charge on any atom is -0.210 e. The zero-order valence-corrected chi connectivity index (χ0v) is 9.94. The second-order valence-corrected chi connectivity index (χ2v) is 4.08. The van der Waals surface area contributed by atoms with E-state index in [2.05, 4.69) is 9.97 Å². The predicted molar refractivity (Wildman–Crippen MR) is 58.3 cm³/mol. The molecule has 6 heteroatoms. The molecule has 0 amide bonds. The first-order valence-corrected chi connectivity index (χ1v) is 6.02. The van der Waals surface area contributed by atoms with E-state index >= 15 is 0 Å². The Morgan fingerprint density at radius 3 is 2.15 bits per heavy atom. The Balaban J connectivity index is 3.07. The molecule has 0 saturated heterocycles. The summed E-state index contributed by atoms with van der Waals surface area (Å²) in [5, 5.41) is 1.36. The van der Waals surface area contributed by atoms with Crippen molar-refractivity contribution in [3.63, 3.8) is 0 Å². The van der Waals surface area contributed by atoms with Gasteiger partial charge in [-0.25, -0.2) is 9.97 Å². The average molecular weight is 258 g/mol. The number of halogens is 3. The Morgan fingerprint density at radius 1 is 1.23 bits per heavy atom. The standard InChI is InChI=1S/C7H7Cl3N2S/c1-13-7-11-5(9)4(2-3-8)6(10)12-7/h2-3H2,1H3. The summed E-state index contributed by atoms with van der Waals surface area (Å²) in [6, 6.07) is 0. The molecule has 1 aromatic rings. The molecule has 72 valence electrons. The maximum Gasteiger partial charge on any atom is 0.190 e. The van der Waals surface area contributed by atoms with Crippen molar-refractivity contribution in [3.05, 3.63) is 15.9 Å². The zero-order chi connectivity index (χ0) is 9.84. The Labute approximate surface area is 96.0 Å². The fourth-order valence-electron chi connectivity index (χ4n) is 0.805. The molecular weight excluding hydrogens is 251 g/mol. The maximum absolute atomic E-state index is 5.88. The van der Waals surface area contributed by atoms with E-state index in [1.54, 1.807) is 0 Å². The Kier molecular flexibility index (Phi) is 4.59. The lowest BCUT2D eigenvalue weighted by atomic mass is 10.3. The SMILES string of the molecule is CSc1nc(Cl)c(CCCl)c(Cl)n1. The molecule has 1 rings (SSSR count). The van der Waals surface area contributed by atoms with Crippen LogP contribution in [-0.2, 0) is 6.42 Å². The van der Waals surface area contributed by atoms with Crippen LogP contribution in [0.2, 0.25) is 10.3 Å². The van der Waals surface area contributed by atoms with Gasteiger partial charge in [0.1, 0.15) is 10.3 Å². The molecular formula is C7H7Cl3N2S. The van der Waals surface area contributed by atoms with Crippen LogP contribution in [0.3, 0.4) is 0 Å². The third kappa shape index (κ3) is 2.88. The summed E-state index contributed by atoms with van der Waals surface area (Å²) < 4.78 is 0. The summed E-state index contributed by atoms with van der Waals surface area (Å²) >= 11 is 18.7. The van der Waals surface area contributed by atoms with Gasteiger partial charge in [-0.2, -0.15) is 0 Å². The number of nitrogens with zero attached hydrogens (tertiary/aromatic N) is 2. The van der Waals surface area contributed by atoms with E-state index in [0.29, 0.717) is 27.8 Å². The highest BCUT2D eigenvalue weighted by molar-refractivity contribution is 7.98. The van der Waals surface area contributed by atoms with E-state index in [-0.39, 0.29) is 0 Å². The van der Waals surface area contributed by atoms with Gasteiger partial charge in [-0.3, -0.25) is 0 Å². The summed E-state index contributed by atoms with van der Waals surface area (Å²) in [7, 11) is 0. The third-order valence-electron chi connectivity index (χ3n) is 1.41. The van der Waals surface area contributed by atoms with Crippen molar-refractivity contribution >= 4 is 46.6 Å². The smallest absolute Gasteiger partial charge is 0.190 e. The lowest BCUT2D eigenvalue weighted by molar-refractivity contribution is 0.930. The van der Waals surface area contributed by atoms with Crippen LogP contribution < -0.4 is 0 Å². The molecule has 1 heterocycles. The van der Waals surface area contributed by atoms with E-state index < -0.39 is 0 Å². The highest BCUT2D eigenvalue weighted by atomic mass is 35.5. The van der Waals surface area contributed by atoms with Gasteiger partial charge in [0.05, 0.1) is 0 Å². The first kappa shape index (κ1) is 11.4. The van der Waals surface area contributed by atoms with Crippen LogP contribution in [-0.4, -0.2) is 22.1 Å². The van der Waals surface area contributed by atoms with E-state index in [4.69, 9.17) is 34.8 Å². The first-order chi connectivity index (χ1) is 6.19. The van der Waals surface area contributed by atoms with Crippen molar-refractivity contribution in [1.82, 2.24) is 9.97 Å². The van der Waals surface area contributed by atoms with Gasteiger partial charge in [-0.15, -0.1) is 11.6 Å². The fourth-order valence-corrected chi connectivity index (χ4v) is 2.04. The molecule has 13 heavy (non-hydrogen) atoms. The van der Waals surface area contributed by atoms with Crippen LogP contribution >= 0.6 is 46.6 Å². The molecule has 0 atom stereocenters. The molecule has 0 aliphatic heterocycles. The Bertz CT molecular complexity index is 283. The van der Waals surface area contributed by atoms with Crippen LogP contribution in [0, 0.1) is 0 Å². The zero-order valence-electron chi connectivity index (χ0n) is 6.85. The summed E-state index contributed by atoms with van der Waals surface area (Å²) in [4.78, 5) is 8.09. The molecule has 0 bridgehead atoms. The van der Waals surface area contributed by atoms with Crippen molar-refractivity contribution in [3.8, 4) is 0 Å². The first-order valence-electron chi connectivity index (χ1n) is 3.51. The van der Waals surface area contributed by atoms with Crippen LogP contribution in [0.1, 0.15) is 5.56 Å². The van der Waals surface area contributed by atoms with Gasteiger partial charge in [0.15, 0.2) is 5.16 Å². The van der Waals surface area contributed by atoms with Crippen molar-refractivity contribution in [1.29, 1.82) is 0 Å². The van der Waals surface area contributed by atoms with E-state index in [1.165, 1.54) is 11.8 Å². The lowest BCUT2D eigenvalue weighted by Gasteiger charge is -2.04. The van der Waals surface area contributed by atoms with Gasteiger partial charge in [0.25, 0.3) is 0 Å². The molecule has 0 spiro atoms. The van der Waals surface area contributed by atoms with Gasteiger partial charge in [0.2, 0.25) is 0 Å². The summed E-state index contributed by atoms with van der Waals surface area (Å²) in [6.45, 7) is 0. The summed E-state index contributed by atoms with van der Waals surface area (Å²) in [5.41, 5.74) is 0.719. The number of hydrogen-bond donors (Lipinski definition) is 0. The van der Waals surface area contributed by atoms with Gasteiger partial charge < -0.3 is 0 Å². The molecule has 0 N–H and O–H groups in total. The maximum atomic E-state index is 5.88. The average Bonchev–Trinajstić information content (AvgIpc) is 2.11. The molecule has 0 aromatic carbocycles. The Morgan fingerprint density at radius 2 is 1.77 bits per heavy atom. The molecule has 0 fully saturated rings. The van der Waals surface area contributed by atoms with Gasteiger partial charge >= 0.3 is 0 Å². The van der Waals surface area contributed by atoms with E-state index in [0.717, 1.165) is 5.56 Å². The van der Waals surface area contributed by atoms with E-state index in [9.17, 15) is 0 Å². The molecule has 2 nitrogen and oxygen atoms in total. The van der Waals surface area contributed by atoms with Crippen LogP contribution in [0.5, 0.6) is 0 Å². The minimum atomic E-state index is 0.394. The third-order valence-corrected chi connectivity index (χ3v) is 2.77. The normalized spacial score (nSPS) is 10.5. The Hall–Kier alpha value is 0.300. The highest BCUT2D eigenvalue weighted by Crippen LogP contribution is 2.24. The largest absolute Gasteiger partial charge is 0.210 e. The van der Waals surface area contributed by atoms with E-state index in [1.807, 2.05) is 6.26 Å². The fraction of sp³-hybridized carbons (Fsp3) is 0.429. The van der Waals surface area contributed by atoms with Crippen molar-refractivity contribution < 1.29 is 0 Å². The molecule has 0 aliphatic rings. The van der Waals surface area contributed by atoms with Gasteiger partial charge in [-0.05, 0) is 12.7 Å². The second-order valence-electron chi connectivity index (χ2n) is 2.21. The van der Waals surface area contributed by atoms with Crippen molar-refractivity contribution in [2.24, 2.45) is 0 Å². The summed E-state index contributed by atoms with van der Waals surface area (Å²) in [5.74, 6) is 0.460. The van der Waals surface area contributed by atoms with Crippen LogP contribution in [0.4, 0.5) is 0 Å². The minimum absolute atomic E-state index is 0.394. The topological polar surface area (TPSA) is 25.8 Å². The second kappa shape index (κ2) is 5.25. The molecule has 0 radical (unpaired) electrons. The summed E-state index contributed by atoms with van der Waals surface area (Å²) in [6.07, 6.45) is 2.46. The number of aromatic nitrogens is 2. The number of thioether (sulfide) groups is 1. The van der Waals surface area contributed by atoms with Crippen LogP contribution in [0.25, 0.3) is 0 Å². The number of alkyl halides is 1. The van der Waals surface area contributed by atoms with Gasteiger partial charge in [0, 0.05) is 11.4 Å². The quantitative estimate of drug-likeness (QED) is 0.360. The predicted octanol–water partition coefficient (Wildman–Crippen LogP) is 3.29. The lowest BCUT2D eigenvalue weighted by Crippen LogP contribution is -1.97. The molecule has 0 unspecified atom stereocenters. The molecule has 0 saturated carbocycles. The molecule has 1 aromatic heterocycles. The monoisotopic (exact) mass is 256 g/mol. The van der Waals surface area contributed by atoms with Crippen LogP contribution in [0.15, 0.2) is 5.16 Å². The van der Waals surface area contributed by atoms with Crippen molar-refractivity contribution in [2.45, 2.75) is 11.6 Å². The highest BCUT2D eigenvalue weighted by Gasteiger charge is 2.10. The van der Waals surface area contributed by atoms with Gasteiger partial charge in [-0.1, -0.05) is 35.0 Å². The number of hydrogen-bond acceptors (Lipinski definition) is 3.